The first-order valence-corrected chi connectivity index (χ1v) is 6.02. The highest BCUT2D eigenvalue weighted by Crippen LogP contribution is 2.33. The van der Waals surface area contributed by atoms with Crippen LogP contribution in [0.3, 0.4) is 0 Å². The number of aryl methyl sites for hydroxylation is 1. The molecular weight excluding hydrogens is 280 g/mol. The number of hydrogen-bond acceptors (Lipinski definition) is 4. The van der Waals surface area contributed by atoms with E-state index in [9.17, 15) is 10.1 Å². The molecule has 0 bridgehead atoms. The van der Waals surface area contributed by atoms with Gasteiger partial charge in [-0.2, -0.15) is 5.26 Å². The van der Waals surface area contributed by atoms with Gasteiger partial charge in [0.25, 0.3) is 5.69 Å². The first-order chi connectivity index (χ1) is 9.52. The molecule has 100 valence electrons. The van der Waals surface area contributed by atoms with Gasteiger partial charge in [-0.05, 0) is 30.7 Å². The zero-order chi connectivity index (χ0) is 14.7. The summed E-state index contributed by atoms with van der Waals surface area (Å²) in [5.41, 5.74) is 0.839. The minimum absolute atomic E-state index is 0.0777. The molecule has 20 heavy (non-hydrogen) atoms. The first kappa shape index (κ1) is 13.8. The average molecular weight is 289 g/mol. The highest BCUT2D eigenvalue weighted by molar-refractivity contribution is 6.31. The number of rotatable bonds is 3. The van der Waals surface area contributed by atoms with Crippen molar-refractivity contribution in [3.63, 3.8) is 0 Å². The van der Waals surface area contributed by atoms with Crippen molar-refractivity contribution in [2.24, 2.45) is 0 Å². The van der Waals surface area contributed by atoms with E-state index in [1.807, 2.05) is 6.07 Å². The number of benzene rings is 2. The van der Waals surface area contributed by atoms with Crippen molar-refractivity contribution < 1.29 is 9.66 Å². The molecule has 0 radical (unpaired) electrons. The molecule has 0 heterocycles. The lowest BCUT2D eigenvalue weighted by Crippen LogP contribution is -1.94. The normalized spacial score (nSPS) is 9.85. The average Bonchev–Trinajstić information content (AvgIpc) is 2.41. The van der Waals surface area contributed by atoms with Gasteiger partial charge in [0.2, 0.25) is 0 Å². The van der Waals surface area contributed by atoms with Crippen LogP contribution in [0.25, 0.3) is 0 Å². The van der Waals surface area contributed by atoms with E-state index >= 15 is 0 Å². The molecular formula is C14H9ClN2O3. The van der Waals surface area contributed by atoms with Gasteiger partial charge in [-0.15, -0.1) is 0 Å². The van der Waals surface area contributed by atoms with Crippen LogP contribution in [0.15, 0.2) is 36.4 Å². The summed E-state index contributed by atoms with van der Waals surface area (Å²) < 4.78 is 5.59. The molecule has 0 N–H and O–H groups in total. The van der Waals surface area contributed by atoms with Crippen molar-refractivity contribution in [2.75, 3.05) is 0 Å². The lowest BCUT2D eigenvalue weighted by atomic mass is 10.2. The van der Waals surface area contributed by atoms with Crippen LogP contribution in [0, 0.1) is 28.4 Å². The second kappa shape index (κ2) is 5.59. The summed E-state index contributed by atoms with van der Waals surface area (Å²) in [6.45, 7) is 1.76. The van der Waals surface area contributed by atoms with Gasteiger partial charge in [0, 0.05) is 6.07 Å². The Bertz CT molecular complexity index is 723. The number of nitrogens with zero attached hydrogens (tertiary/aromatic N) is 2. The predicted molar refractivity (Wildman–Crippen MR) is 74.1 cm³/mol. The molecule has 0 fully saturated rings. The number of halogens is 1. The number of nitriles is 1. The van der Waals surface area contributed by atoms with Gasteiger partial charge in [-0.1, -0.05) is 17.7 Å². The van der Waals surface area contributed by atoms with Crippen LogP contribution in [0.2, 0.25) is 5.02 Å². The van der Waals surface area contributed by atoms with Crippen molar-refractivity contribution in [1.82, 2.24) is 0 Å². The van der Waals surface area contributed by atoms with Gasteiger partial charge in [-0.3, -0.25) is 10.1 Å². The number of ether oxygens (including phenoxy) is 1. The summed E-state index contributed by atoms with van der Waals surface area (Å²) in [5, 5.41) is 20.1. The zero-order valence-electron chi connectivity index (χ0n) is 10.5. The fourth-order valence-corrected chi connectivity index (χ4v) is 1.84. The van der Waals surface area contributed by atoms with Gasteiger partial charge in [0.05, 0.1) is 16.0 Å². The molecule has 0 unspecified atom stereocenters. The van der Waals surface area contributed by atoms with Gasteiger partial charge in [0.1, 0.15) is 23.1 Å². The van der Waals surface area contributed by atoms with Crippen LogP contribution >= 0.6 is 11.6 Å². The highest BCUT2D eigenvalue weighted by atomic mass is 35.5. The van der Waals surface area contributed by atoms with Crippen molar-refractivity contribution in [3.05, 3.63) is 62.7 Å². The maximum atomic E-state index is 10.8. The predicted octanol–water partition coefficient (Wildman–Crippen LogP) is 4.22. The minimum atomic E-state index is -0.504. The second-order valence-corrected chi connectivity index (χ2v) is 4.44. The van der Waals surface area contributed by atoms with Gasteiger partial charge in [0.15, 0.2) is 0 Å². The lowest BCUT2D eigenvalue weighted by molar-refractivity contribution is -0.384. The Hall–Kier alpha value is -2.58. The van der Waals surface area contributed by atoms with Crippen LogP contribution in [0.5, 0.6) is 11.5 Å². The monoisotopic (exact) mass is 288 g/mol. The Balaban J connectivity index is 2.45. The van der Waals surface area contributed by atoms with Crippen LogP contribution in [0.1, 0.15) is 11.1 Å². The molecule has 6 heteroatoms. The summed E-state index contributed by atoms with van der Waals surface area (Å²) in [6, 6.07) is 11.1. The van der Waals surface area contributed by atoms with E-state index in [1.54, 1.807) is 31.2 Å². The van der Waals surface area contributed by atoms with E-state index in [0.717, 1.165) is 5.56 Å². The molecule has 0 spiro atoms. The van der Waals surface area contributed by atoms with Crippen LogP contribution in [-0.4, -0.2) is 4.92 Å². The fourth-order valence-electron chi connectivity index (χ4n) is 1.63. The molecule has 0 atom stereocenters. The molecule has 2 aromatic carbocycles. The summed E-state index contributed by atoms with van der Waals surface area (Å²) in [5.74, 6) is 0.585. The summed E-state index contributed by atoms with van der Waals surface area (Å²) in [7, 11) is 0. The van der Waals surface area contributed by atoms with Gasteiger partial charge < -0.3 is 4.74 Å². The molecule has 2 rings (SSSR count). The Kier molecular flexibility index (Phi) is 3.87. The molecule has 0 aliphatic carbocycles. The number of nitro groups is 1. The van der Waals surface area contributed by atoms with Crippen molar-refractivity contribution in [1.29, 1.82) is 5.26 Å². The van der Waals surface area contributed by atoms with E-state index in [-0.39, 0.29) is 22.0 Å². The zero-order valence-corrected chi connectivity index (χ0v) is 11.2. The van der Waals surface area contributed by atoms with Gasteiger partial charge in [-0.25, -0.2) is 0 Å². The van der Waals surface area contributed by atoms with Crippen molar-refractivity contribution >= 4 is 17.3 Å². The Morgan fingerprint density at radius 1 is 1.30 bits per heavy atom. The number of nitro benzene ring substituents is 1. The smallest absolute Gasteiger partial charge is 0.273 e. The third-order valence-electron chi connectivity index (χ3n) is 2.69. The molecule has 0 aliphatic rings. The third-order valence-corrected chi connectivity index (χ3v) is 3.00. The molecule has 0 aromatic heterocycles. The van der Waals surface area contributed by atoms with Gasteiger partial charge >= 0.3 is 0 Å². The Morgan fingerprint density at radius 2 is 2.05 bits per heavy atom. The molecule has 0 saturated heterocycles. The maximum absolute atomic E-state index is 10.8. The first-order valence-electron chi connectivity index (χ1n) is 5.64. The number of hydrogen-bond donors (Lipinski definition) is 0. The second-order valence-electron chi connectivity index (χ2n) is 4.03. The van der Waals surface area contributed by atoms with E-state index < -0.39 is 4.92 Å². The standard InChI is InChI=1S/C14H9ClN2O3/c1-9-5-6-10(17(18)19)7-14(9)20-13-4-2-3-12(15)11(13)8-16/h2-7H,1H3. The summed E-state index contributed by atoms with van der Waals surface area (Å²) in [6.07, 6.45) is 0. The van der Waals surface area contributed by atoms with E-state index in [1.165, 1.54) is 12.1 Å². The van der Waals surface area contributed by atoms with Crippen molar-refractivity contribution in [2.45, 2.75) is 6.92 Å². The van der Waals surface area contributed by atoms with E-state index in [0.29, 0.717) is 5.75 Å². The van der Waals surface area contributed by atoms with Crippen LogP contribution < -0.4 is 4.74 Å². The SMILES string of the molecule is Cc1ccc([N+](=O)[O-])cc1Oc1cccc(Cl)c1C#N. The lowest BCUT2D eigenvalue weighted by Gasteiger charge is -2.10. The highest BCUT2D eigenvalue weighted by Gasteiger charge is 2.13. The maximum Gasteiger partial charge on any atom is 0.273 e. The molecule has 0 amide bonds. The van der Waals surface area contributed by atoms with Crippen LogP contribution in [0.4, 0.5) is 5.69 Å². The summed E-state index contributed by atoms with van der Waals surface area (Å²) >= 11 is 5.91. The third kappa shape index (κ3) is 2.71. The van der Waals surface area contributed by atoms with E-state index in [2.05, 4.69) is 0 Å². The largest absolute Gasteiger partial charge is 0.455 e. The molecule has 0 saturated carbocycles. The fraction of sp³-hybridized carbons (Fsp3) is 0.0714. The summed E-state index contributed by atoms with van der Waals surface area (Å²) in [4.78, 5) is 10.3. The Morgan fingerprint density at radius 3 is 2.70 bits per heavy atom. The molecule has 2 aromatic rings. The minimum Gasteiger partial charge on any atom is -0.455 e. The van der Waals surface area contributed by atoms with Crippen LogP contribution in [-0.2, 0) is 0 Å². The van der Waals surface area contributed by atoms with E-state index in [4.69, 9.17) is 21.6 Å². The number of non-ortho nitro benzene ring substituents is 1. The molecule has 0 aliphatic heterocycles. The topological polar surface area (TPSA) is 76.2 Å². The quantitative estimate of drug-likeness (QED) is 0.626. The Labute approximate surface area is 120 Å². The molecule has 5 nitrogen and oxygen atoms in total. The van der Waals surface area contributed by atoms with Crippen molar-refractivity contribution in [3.8, 4) is 17.6 Å².